The minimum absolute atomic E-state index is 0.0312. The summed E-state index contributed by atoms with van der Waals surface area (Å²) in [7, 11) is -3.56. The first-order chi connectivity index (χ1) is 11.8. The molecule has 0 aliphatic carbocycles. The molecule has 0 fully saturated rings. The van der Waals surface area contributed by atoms with Crippen molar-refractivity contribution in [2.75, 3.05) is 13.1 Å². The van der Waals surface area contributed by atoms with Crippen molar-refractivity contribution in [3.63, 3.8) is 0 Å². The first kappa shape index (κ1) is 21.2. The van der Waals surface area contributed by atoms with Crippen molar-refractivity contribution < 1.29 is 8.42 Å². The van der Waals surface area contributed by atoms with E-state index in [9.17, 15) is 8.42 Å². The molecule has 1 aromatic rings. The maximum absolute atomic E-state index is 13.1. The molecule has 0 radical (unpaired) electrons. The highest BCUT2D eigenvalue weighted by Crippen LogP contribution is 2.20. The van der Waals surface area contributed by atoms with E-state index in [1.807, 2.05) is 31.2 Å². The van der Waals surface area contributed by atoms with Crippen LogP contribution in [0.2, 0.25) is 0 Å². The summed E-state index contributed by atoms with van der Waals surface area (Å²) in [4.78, 5) is 0.316. The summed E-state index contributed by atoms with van der Waals surface area (Å²) in [6.07, 6.45) is 12.4. The molecule has 0 aliphatic heterocycles. The molecule has 25 heavy (non-hydrogen) atoms. The Kier molecular flexibility index (Phi) is 8.68. The van der Waals surface area contributed by atoms with E-state index in [1.54, 1.807) is 18.2 Å². The SMILES string of the molecule is C#CCC[C@@H](C=C)CN(C/C=C/C(C)C)S(=O)(=O)c1ccc(C)cc1. The number of terminal acetylenes is 1. The second kappa shape index (κ2) is 10.2. The molecule has 3 nitrogen and oxygen atoms in total. The predicted octanol–water partition coefficient (Wildman–Crippen LogP) is 4.41. The first-order valence-electron chi connectivity index (χ1n) is 8.60. The van der Waals surface area contributed by atoms with E-state index in [4.69, 9.17) is 6.42 Å². The molecule has 0 N–H and O–H groups in total. The van der Waals surface area contributed by atoms with Crippen molar-refractivity contribution >= 4 is 10.0 Å². The second-order valence-corrected chi connectivity index (χ2v) is 8.48. The molecule has 0 aromatic heterocycles. The van der Waals surface area contributed by atoms with Crippen molar-refractivity contribution in [2.24, 2.45) is 11.8 Å². The zero-order valence-corrected chi connectivity index (χ0v) is 16.3. The fourth-order valence-electron chi connectivity index (χ4n) is 2.39. The smallest absolute Gasteiger partial charge is 0.207 e. The van der Waals surface area contributed by atoms with Gasteiger partial charge in [-0.05, 0) is 37.3 Å². The Bertz CT molecular complexity index is 709. The molecular formula is C21H29NO2S. The lowest BCUT2D eigenvalue weighted by atomic mass is 10.0. The first-order valence-corrected chi connectivity index (χ1v) is 10.0. The van der Waals surface area contributed by atoms with E-state index in [-0.39, 0.29) is 5.92 Å². The van der Waals surface area contributed by atoms with Gasteiger partial charge in [-0.2, -0.15) is 4.31 Å². The van der Waals surface area contributed by atoms with Gasteiger partial charge in [0.25, 0.3) is 0 Å². The number of benzene rings is 1. The Morgan fingerprint density at radius 3 is 2.44 bits per heavy atom. The average molecular weight is 360 g/mol. The van der Waals surface area contributed by atoms with Gasteiger partial charge in [0.2, 0.25) is 10.0 Å². The van der Waals surface area contributed by atoms with Crippen LogP contribution in [0.15, 0.2) is 54.0 Å². The van der Waals surface area contributed by atoms with Gasteiger partial charge in [-0.15, -0.1) is 18.9 Å². The predicted molar refractivity (Wildman–Crippen MR) is 106 cm³/mol. The van der Waals surface area contributed by atoms with Crippen molar-refractivity contribution in [1.82, 2.24) is 4.31 Å². The van der Waals surface area contributed by atoms with Crippen molar-refractivity contribution in [3.05, 3.63) is 54.6 Å². The molecule has 0 unspecified atom stereocenters. The summed E-state index contributed by atoms with van der Waals surface area (Å²) < 4.78 is 27.6. The van der Waals surface area contributed by atoms with Gasteiger partial charge in [0.05, 0.1) is 4.90 Å². The maximum Gasteiger partial charge on any atom is 0.243 e. The summed E-state index contributed by atoms with van der Waals surface area (Å²) >= 11 is 0. The van der Waals surface area contributed by atoms with Crippen LogP contribution >= 0.6 is 0 Å². The Morgan fingerprint density at radius 1 is 1.28 bits per heavy atom. The van der Waals surface area contributed by atoms with E-state index in [2.05, 4.69) is 26.3 Å². The van der Waals surface area contributed by atoms with E-state index in [0.29, 0.717) is 30.3 Å². The van der Waals surface area contributed by atoms with Crippen LogP contribution in [0, 0.1) is 31.1 Å². The molecule has 0 aliphatic rings. The highest BCUT2D eigenvalue weighted by molar-refractivity contribution is 7.89. The normalized spacial score (nSPS) is 13.3. The zero-order chi connectivity index (χ0) is 18.9. The van der Waals surface area contributed by atoms with Crippen LogP contribution in [-0.4, -0.2) is 25.8 Å². The van der Waals surface area contributed by atoms with Gasteiger partial charge in [0, 0.05) is 19.5 Å². The number of aryl methyl sites for hydroxylation is 1. The van der Waals surface area contributed by atoms with Crippen LogP contribution in [0.1, 0.15) is 32.3 Å². The number of allylic oxidation sites excluding steroid dienone is 1. The molecule has 1 atom stereocenters. The summed E-state index contributed by atoms with van der Waals surface area (Å²) in [5, 5.41) is 0. The van der Waals surface area contributed by atoms with E-state index in [0.717, 1.165) is 12.0 Å². The van der Waals surface area contributed by atoms with E-state index in [1.165, 1.54) is 4.31 Å². The Balaban J connectivity index is 3.08. The summed E-state index contributed by atoms with van der Waals surface area (Å²) in [5.41, 5.74) is 1.03. The lowest BCUT2D eigenvalue weighted by Crippen LogP contribution is -2.35. The molecule has 0 bridgehead atoms. The lowest BCUT2D eigenvalue weighted by molar-refractivity contribution is 0.388. The third kappa shape index (κ3) is 6.89. The van der Waals surface area contributed by atoms with Crippen molar-refractivity contribution in [3.8, 4) is 12.3 Å². The highest BCUT2D eigenvalue weighted by Gasteiger charge is 2.25. The minimum atomic E-state index is -3.56. The molecule has 0 heterocycles. The van der Waals surface area contributed by atoms with Crippen molar-refractivity contribution in [1.29, 1.82) is 0 Å². The van der Waals surface area contributed by atoms with E-state index < -0.39 is 10.0 Å². The quantitative estimate of drug-likeness (QED) is 0.458. The van der Waals surface area contributed by atoms with Crippen LogP contribution in [0.25, 0.3) is 0 Å². The molecular weight excluding hydrogens is 330 g/mol. The van der Waals surface area contributed by atoms with Gasteiger partial charge < -0.3 is 0 Å². The summed E-state index contributed by atoms with van der Waals surface area (Å²) in [6, 6.07) is 6.96. The summed E-state index contributed by atoms with van der Waals surface area (Å²) in [5.74, 6) is 3.02. The number of hydrogen-bond donors (Lipinski definition) is 0. The Hall–Kier alpha value is -1.83. The maximum atomic E-state index is 13.1. The molecule has 0 spiro atoms. The van der Waals surface area contributed by atoms with Gasteiger partial charge in [0.15, 0.2) is 0 Å². The van der Waals surface area contributed by atoms with Crippen LogP contribution in [0.4, 0.5) is 0 Å². The monoisotopic (exact) mass is 359 g/mol. The number of hydrogen-bond acceptors (Lipinski definition) is 2. The lowest BCUT2D eigenvalue weighted by Gasteiger charge is -2.24. The second-order valence-electron chi connectivity index (χ2n) is 6.55. The molecule has 1 rings (SSSR count). The number of rotatable bonds is 10. The van der Waals surface area contributed by atoms with Gasteiger partial charge >= 0.3 is 0 Å². The fraction of sp³-hybridized carbons (Fsp3) is 0.429. The minimum Gasteiger partial charge on any atom is -0.207 e. The largest absolute Gasteiger partial charge is 0.243 e. The van der Waals surface area contributed by atoms with Gasteiger partial charge in [0.1, 0.15) is 0 Å². The Labute approximate surface area is 153 Å². The standard InChI is InChI=1S/C21H29NO2S/c1-6-8-11-20(7-2)17-22(16-9-10-18(3)4)25(23,24)21-14-12-19(5)13-15-21/h1,7,9-10,12-15,18,20H,2,8,11,16-17H2,3-5H3/b10-9+/t20-/m1/s1. The van der Waals surface area contributed by atoms with Gasteiger partial charge in [-0.1, -0.05) is 49.8 Å². The van der Waals surface area contributed by atoms with Crippen LogP contribution in [0.5, 0.6) is 0 Å². The fourth-order valence-corrected chi connectivity index (χ4v) is 3.84. The van der Waals surface area contributed by atoms with Crippen molar-refractivity contribution in [2.45, 2.75) is 38.5 Å². The molecule has 4 heteroatoms. The van der Waals surface area contributed by atoms with Crippen LogP contribution in [0.3, 0.4) is 0 Å². The number of sulfonamides is 1. The average Bonchev–Trinajstić information content (AvgIpc) is 2.57. The third-order valence-electron chi connectivity index (χ3n) is 3.92. The third-order valence-corrected chi connectivity index (χ3v) is 5.77. The highest BCUT2D eigenvalue weighted by atomic mass is 32.2. The molecule has 0 saturated carbocycles. The molecule has 0 amide bonds. The zero-order valence-electron chi connectivity index (χ0n) is 15.5. The molecule has 1 aromatic carbocycles. The topological polar surface area (TPSA) is 37.4 Å². The van der Waals surface area contributed by atoms with E-state index >= 15 is 0 Å². The Morgan fingerprint density at radius 2 is 1.92 bits per heavy atom. The molecule has 136 valence electrons. The summed E-state index contributed by atoms with van der Waals surface area (Å²) in [6.45, 7) is 10.6. The van der Waals surface area contributed by atoms with Gasteiger partial charge in [-0.3, -0.25) is 0 Å². The molecule has 0 saturated heterocycles. The number of nitrogens with zero attached hydrogens (tertiary/aromatic N) is 1. The van der Waals surface area contributed by atoms with Gasteiger partial charge in [-0.25, -0.2) is 8.42 Å². The van der Waals surface area contributed by atoms with Crippen LogP contribution in [-0.2, 0) is 10.0 Å². The van der Waals surface area contributed by atoms with Crippen LogP contribution < -0.4 is 0 Å².